The Morgan fingerprint density at radius 1 is 1.17 bits per heavy atom. The topological polar surface area (TPSA) is 53.4 Å². The molecule has 0 spiro atoms. The zero-order valence-corrected chi connectivity index (χ0v) is 13.9. The molecule has 0 aliphatic heterocycles. The summed E-state index contributed by atoms with van der Waals surface area (Å²) in [5.74, 6) is 0.109. The molecule has 5 nitrogen and oxygen atoms in total. The van der Waals surface area contributed by atoms with Crippen molar-refractivity contribution in [3.05, 3.63) is 54.1 Å². The molecule has 2 aromatic rings. The van der Waals surface area contributed by atoms with Gasteiger partial charge >= 0.3 is 0 Å². The Hall–Kier alpha value is -1.98. The Kier molecular flexibility index (Phi) is 6.50. The van der Waals surface area contributed by atoms with Crippen LogP contribution in [0, 0.1) is 5.92 Å². The molecule has 0 saturated heterocycles. The number of Topliss-reactive ketones (excluding diaryl/α,β-unsaturated/α-hetero) is 1. The molecule has 0 radical (unpaired) electrons. The van der Waals surface area contributed by atoms with Gasteiger partial charge in [-0.15, -0.1) is 0 Å². The fraction of sp³-hybridized carbons (Fsp3) is 0.444. The van der Waals surface area contributed by atoms with E-state index in [1.807, 2.05) is 22.8 Å². The van der Waals surface area contributed by atoms with Crippen molar-refractivity contribution in [3.63, 3.8) is 0 Å². The molecule has 0 bridgehead atoms. The van der Waals surface area contributed by atoms with E-state index in [0.29, 0.717) is 25.3 Å². The van der Waals surface area contributed by atoms with Gasteiger partial charge in [-0.2, -0.15) is 0 Å². The lowest BCUT2D eigenvalue weighted by Crippen LogP contribution is -2.21. The van der Waals surface area contributed by atoms with Gasteiger partial charge in [0.2, 0.25) is 0 Å². The second-order valence-corrected chi connectivity index (χ2v) is 5.68. The molecule has 5 heteroatoms. The molecule has 0 aliphatic rings. The molecule has 0 saturated carbocycles. The Labute approximate surface area is 137 Å². The van der Waals surface area contributed by atoms with Gasteiger partial charge in [0.15, 0.2) is 5.78 Å². The SMILES string of the molecule is COCC(COC)CC(=O)c1cncn1[C@H](C)c1ccccc1. The third-order valence-corrected chi connectivity index (χ3v) is 3.93. The molecular formula is C18H24N2O3. The minimum Gasteiger partial charge on any atom is -0.384 e. The summed E-state index contributed by atoms with van der Waals surface area (Å²) >= 11 is 0. The number of carbonyl (C=O) groups is 1. The van der Waals surface area contributed by atoms with Crippen molar-refractivity contribution in [2.75, 3.05) is 27.4 Å². The Balaban J connectivity index is 2.15. The van der Waals surface area contributed by atoms with Crippen LogP contribution in [0.25, 0.3) is 0 Å². The van der Waals surface area contributed by atoms with Gasteiger partial charge in [0.05, 0.1) is 31.8 Å². The van der Waals surface area contributed by atoms with Crippen LogP contribution in [0.2, 0.25) is 0 Å². The molecule has 0 N–H and O–H groups in total. The maximum atomic E-state index is 12.7. The highest BCUT2D eigenvalue weighted by Gasteiger charge is 2.20. The summed E-state index contributed by atoms with van der Waals surface area (Å²) in [7, 11) is 3.27. The zero-order chi connectivity index (χ0) is 16.7. The highest BCUT2D eigenvalue weighted by atomic mass is 16.5. The third-order valence-electron chi connectivity index (χ3n) is 3.93. The fourth-order valence-corrected chi connectivity index (χ4v) is 2.73. The Bertz CT molecular complexity index is 604. The Morgan fingerprint density at radius 2 is 1.83 bits per heavy atom. The van der Waals surface area contributed by atoms with Crippen molar-refractivity contribution in [1.29, 1.82) is 0 Å². The van der Waals surface area contributed by atoms with E-state index in [1.54, 1.807) is 26.7 Å². The van der Waals surface area contributed by atoms with E-state index in [1.165, 1.54) is 0 Å². The lowest BCUT2D eigenvalue weighted by Gasteiger charge is -2.18. The van der Waals surface area contributed by atoms with Crippen LogP contribution in [0.5, 0.6) is 0 Å². The van der Waals surface area contributed by atoms with Gasteiger partial charge in [0, 0.05) is 26.6 Å². The van der Waals surface area contributed by atoms with Crippen molar-refractivity contribution in [2.24, 2.45) is 5.92 Å². The summed E-state index contributed by atoms with van der Waals surface area (Å²) in [6, 6.07) is 10.1. The number of nitrogens with zero attached hydrogens (tertiary/aromatic N) is 2. The number of hydrogen-bond donors (Lipinski definition) is 0. The number of hydrogen-bond acceptors (Lipinski definition) is 4. The molecule has 0 aliphatic carbocycles. The number of aromatic nitrogens is 2. The van der Waals surface area contributed by atoms with Crippen LogP contribution >= 0.6 is 0 Å². The van der Waals surface area contributed by atoms with Crippen molar-refractivity contribution in [1.82, 2.24) is 9.55 Å². The van der Waals surface area contributed by atoms with Crippen molar-refractivity contribution in [3.8, 4) is 0 Å². The minimum absolute atomic E-state index is 0.0490. The summed E-state index contributed by atoms with van der Waals surface area (Å²) in [6.07, 6.45) is 3.74. The molecule has 0 fully saturated rings. The molecule has 1 aromatic heterocycles. The summed E-state index contributed by atoms with van der Waals surface area (Å²) in [5, 5.41) is 0. The van der Waals surface area contributed by atoms with E-state index in [0.717, 1.165) is 5.56 Å². The van der Waals surface area contributed by atoms with Crippen molar-refractivity contribution >= 4 is 5.78 Å². The predicted octanol–water partition coefficient (Wildman–Crippen LogP) is 2.97. The second-order valence-electron chi connectivity index (χ2n) is 5.68. The van der Waals surface area contributed by atoms with Gasteiger partial charge < -0.3 is 14.0 Å². The number of ether oxygens (including phenoxy) is 2. The Morgan fingerprint density at radius 3 is 2.43 bits per heavy atom. The van der Waals surface area contributed by atoms with Crippen molar-refractivity contribution in [2.45, 2.75) is 19.4 Å². The molecule has 1 atom stereocenters. The van der Waals surface area contributed by atoms with Crippen LogP contribution in [0.15, 0.2) is 42.9 Å². The fourth-order valence-electron chi connectivity index (χ4n) is 2.73. The van der Waals surface area contributed by atoms with Gasteiger partial charge in [-0.3, -0.25) is 4.79 Å². The molecule has 1 heterocycles. The van der Waals surface area contributed by atoms with Crippen LogP contribution in [0.1, 0.15) is 35.4 Å². The van der Waals surface area contributed by atoms with E-state index in [4.69, 9.17) is 9.47 Å². The number of ketones is 1. The number of imidazole rings is 1. The first-order valence-electron chi connectivity index (χ1n) is 7.75. The number of methoxy groups -OCH3 is 2. The lowest BCUT2D eigenvalue weighted by atomic mass is 10.0. The highest BCUT2D eigenvalue weighted by molar-refractivity contribution is 5.94. The monoisotopic (exact) mass is 316 g/mol. The van der Waals surface area contributed by atoms with Crippen molar-refractivity contribution < 1.29 is 14.3 Å². The molecule has 2 rings (SSSR count). The number of rotatable bonds is 9. The maximum Gasteiger partial charge on any atom is 0.181 e. The lowest BCUT2D eigenvalue weighted by molar-refractivity contribution is 0.0688. The summed E-state index contributed by atoms with van der Waals surface area (Å²) < 4.78 is 12.3. The van der Waals surface area contributed by atoms with Gasteiger partial charge in [0.1, 0.15) is 5.69 Å². The smallest absolute Gasteiger partial charge is 0.181 e. The summed E-state index contributed by atoms with van der Waals surface area (Å²) in [4.78, 5) is 16.8. The van der Waals surface area contributed by atoms with Gasteiger partial charge in [-0.25, -0.2) is 4.98 Å². The highest BCUT2D eigenvalue weighted by Crippen LogP contribution is 2.21. The van der Waals surface area contributed by atoms with Crippen LogP contribution < -0.4 is 0 Å². The number of carbonyl (C=O) groups excluding carboxylic acids is 1. The zero-order valence-electron chi connectivity index (χ0n) is 13.9. The van der Waals surface area contributed by atoms with E-state index < -0.39 is 0 Å². The average molecular weight is 316 g/mol. The maximum absolute atomic E-state index is 12.7. The molecule has 1 aromatic carbocycles. The van der Waals surface area contributed by atoms with E-state index >= 15 is 0 Å². The van der Waals surface area contributed by atoms with Crippen LogP contribution in [-0.4, -0.2) is 42.8 Å². The first kappa shape index (κ1) is 17.4. The first-order chi connectivity index (χ1) is 11.2. The molecule has 0 amide bonds. The normalized spacial score (nSPS) is 12.5. The summed E-state index contributed by atoms with van der Waals surface area (Å²) in [6.45, 7) is 3.07. The van der Waals surface area contributed by atoms with Crippen LogP contribution in [0.4, 0.5) is 0 Å². The first-order valence-corrected chi connectivity index (χ1v) is 7.75. The molecule has 23 heavy (non-hydrogen) atoms. The standard InChI is InChI=1S/C18H24N2O3/c1-14(16-7-5-4-6-8-16)20-13-19-10-17(20)18(21)9-15(11-22-2)12-23-3/h4-8,10,13-15H,9,11-12H2,1-3H3/t14-/m1/s1. The molecular weight excluding hydrogens is 292 g/mol. The molecule has 0 unspecified atom stereocenters. The average Bonchev–Trinajstić information content (AvgIpc) is 3.05. The minimum atomic E-state index is 0.0490. The van der Waals surface area contributed by atoms with E-state index in [2.05, 4.69) is 24.0 Å². The predicted molar refractivity (Wildman–Crippen MR) is 88.7 cm³/mol. The number of benzene rings is 1. The second kappa shape index (κ2) is 8.60. The van der Waals surface area contributed by atoms with E-state index in [-0.39, 0.29) is 17.7 Å². The van der Waals surface area contributed by atoms with Gasteiger partial charge in [0.25, 0.3) is 0 Å². The van der Waals surface area contributed by atoms with Crippen LogP contribution in [0.3, 0.4) is 0 Å². The summed E-state index contributed by atoms with van der Waals surface area (Å²) in [5.41, 5.74) is 1.77. The van der Waals surface area contributed by atoms with Gasteiger partial charge in [-0.05, 0) is 12.5 Å². The molecule has 124 valence electrons. The van der Waals surface area contributed by atoms with Gasteiger partial charge in [-0.1, -0.05) is 30.3 Å². The third kappa shape index (κ3) is 4.50. The largest absolute Gasteiger partial charge is 0.384 e. The van der Waals surface area contributed by atoms with Crippen LogP contribution in [-0.2, 0) is 9.47 Å². The van der Waals surface area contributed by atoms with E-state index in [9.17, 15) is 4.79 Å². The quantitative estimate of drug-likeness (QED) is 0.667.